The van der Waals surface area contributed by atoms with Crippen molar-refractivity contribution < 1.29 is 69.7 Å². The van der Waals surface area contributed by atoms with Crippen molar-refractivity contribution in [2.75, 3.05) is 13.2 Å². The fourth-order valence-electron chi connectivity index (χ4n) is 5.19. The van der Waals surface area contributed by atoms with Crippen LogP contribution < -0.4 is 0 Å². The number of rotatable bonds is 17. The van der Waals surface area contributed by atoms with Crippen LogP contribution in [-0.2, 0) is 23.7 Å². The quantitative estimate of drug-likeness (QED) is 0.0727. The van der Waals surface area contributed by atoms with Crippen molar-refractivity contribution in [2.24, 2.45) is 0 Å². The van der Waals surface area contributed by atoms with Crippen LogP contribution in [0.15, 0.2) is 47.6 Å². The monoisotopic (exact) mass is 660 g/mol. The van der Waals surface area contributed by atoms with E-state index in [1.165, 1.54) is 19.1 Å². The number of aliphatic hydroxyl groups is 8. The Morgan fingerprint density at radius 2 is 1.43 bits per heavy atom. The summed E-state index contributed by atoms with van der Waals surface area (Å²) < 4.78 is 23.1. The van der Waals surface area contributed by atoms with E-state index < -0.39 is 92.3 Å². The summed E-state index contributed by atoms with van der Waals surface area (Å²) in [5, 5.41) is 90.3. The third-order valence-electron chi connectivity index (χ3n) is 8.26. The maximum Gasteiger partial charge on any atom is 0.331 e. The molecule has 0 radical (unpaired) electrons. The fourth-order valence-corrected chi connectivity index (χ4v) is 5.19. The van der Waals surface area contributed by atoms with Gasteiger partial charge in [0.1, 0.15) is 48.8 Å². The fraction of sp³-hybridized carbons (Fsp3) is 0.719. The van der Waals surface area contributed by atoms with Crippen molar-refractivity contribution in [1.29, 1.82) is 0 Å². The molecule has 14 nitrogen and oxygen atoms in total. The Bertz CT molecular complexity index is 1070. The van der Waals surface area contributed by atoms with Gasteiger partial charge in [0.15, 0.2) is 12.6 Å². The Morgan fingerprint density at radius 1 is 0.870 bits per heavy atom. The molecule has 2 heterocycles. The Labute approximate surface area is 269 Å². The summed E-state index contributed by atoms with van der Waals surface area (Å²) in [6, 6.07) is 0. The van der Waals surface area contributed by atoms with Crippen LogP contribution in [0.5, 0.6) is 0 Å². The van der Waals surface area contributed by atoms with Gasteiger partial charge in [-0.05, 0) is 65.9 Å². The molecule has 2 fully saturated rings. The largest absolute Gasteiger partial charge is 0.478 e. The average molecular weight is 661 g/mol. The highest BCUT2D eigenvalue weighted by Crippen LogP contribution is 2.33. The van der Waals surface area contributed by atoms with Crippen molar-refractivity contribution >= 4 is 5.97 Å². The molecule has 2 rings (SSSR count). The molecular formula is C32H52O14. The molecule has 0 aromatic heterocycles. The normalized spacial score (nSPS) is 35.0. The van der Waals surface area contributed by atoms with E-state index >= 15 is 0 Å². The van der Waals surface area contributed by atoms with E-state index in [0.717, 1.165) is 17.6 Å². The van der Waals surface area contributed by atoms with Crippen molar-refractivity contribution in [3.8, 4) is 0 Å². The van der Waals surface area contributed by atoms with E-state index in [2.05, 4.69) is 6.58 Å². The van der Waals surface area contributed by atoms with Gasteiger partial charge < -0.3 is 64.9 Å². The second kappa shape index (κ2) is 18.5. The number of carboxylic acid groups (broad SMARTS) is 1. The zero-order valence-corrected chi connectivity index (χ0v) is 26.9. The number of hydrogen-bond donors (Lipinski definition) is 9. The van der Waals surface area contributed by atoms with Gasteiger partial charge in [-0.25, -0.2) is 4.79 Å². The maximum atomic E-state index is 10.9. The summed E-state index contributed by atoms with van der Waals surface area (Å²) in [6.07, 6.45) is -6.76. The van der Waals surface area contributed by atoms with Crippen molar-refractivity contribution in [3.63, 3.8) is 0 Å². The Hall–Kier alpha value is -2.05. The van der Waals surface area contributed by atoms with Crippen LogP contribution in [-0.4, -0.2) is 138 Å². The molecule has 0 aromatic carbocycles. The first-order chi connectivity index (χ1) is 21.6. The van der Waals surface area contributed by atoms with Gasteiger partial charge in [-0.1, -0.05) is 29.4 Å². The second-order valence-electron chi connectivity index (χ2n) is 12.2. The first kappa shape index (κ1) is 40.1. The number of carbonyl (C=O) groups is 1. The summed E-state index contributed by atoms with van der Waals surface area (Å²) in [7, 11) is 0. The number of aliphatic hydroxyl groups excluding tert-OH is 8. The van der Waals surface area contributed by atoms with Crippen LogP contribution in [0.2, 0.25) is 0 Å². The molecule has 9 N–H and O–H groups in total. The minimum atomic E-state index is -1.78. The van der Waals surface area contributed by atoms with Gasteiger partial charge in [0.25, 0.3) is 0 Å². The summed E-state index contributed by atoms with van der Waals surface area (Å²) in [5.74, 6) is -1.07. The zero-order chi connectivity index (χ0) is 34.8. The average Bonchev–Trinajstić information content (AvgIpc) is 3.00. The predicted molar refractivity (Wildman–Crippen MR) is 164 cm³/mol. The maximum absolute atomic E-state index is 10.9. The minimum Gasteiger partial charge on any atom is -0.478 e. The molecule has 264 valence electrons. The molecule has 46 heavy (non-hydrogen) atoms. The Balaban J connectivity index is 2.06. The molecular weight excluding hydrogens is 608 g/mol. The van der Waals surface area contributed by atoms with E-state index in [9.17, 15) is 45.6 Å². The SMILES string of the molecule is C=CC(C)(CC/C=C(\C)CC/C=C(\C)CC(O)/C=C(\C)C(=O)O)O[C@@H]1O[C@H](CO)[C@@H](O)[C@H](O)[C@H]1O[C@@H]1O[C@H](CO)[C@@H](O)[C@H](O)[C@H]1O. The summed E-state index contributed by atoms with van der Waals surface area (Å²) in [4.78, 5) is 10.9. The number of carboxylic acids is 1. The van der Waals surface area contributed by atoms with Gasteiger partial charge in [0, 0.05) is 5.57 Å². The molecule has 0 spiro atoms. The predicted octanol–water partition coefficient (Wildman–Crippen LogP) is -0.193. The van der Waals surface area contributed by atoms with Gasteiger partial charge in [-0.15, -0.1) is 6.58 Å². The van der Waals surface area contributed by atoms with Crippen molar-refractivity contribution in [2.45, 2.75) is 133 Å². The molecule has 0 aromatic rings. The van der Waals surface area contributed by atoms with Gasteiger partial charge in [-0.2, -0.15) is 0 Å². The van der Waals surface area contributed by atoms with Crippen LogP contribution in [0.1, 0.15) is 59.8 Å². The van der Waals surface area contributed by atoms with E-state index in [1.807, 2.05) is 26.0 Å². The highest BCUT2D eigenvalue weighted by molar-refractivity contribution is 5.85. The molecule has 14 heteroatoms. The lowest BCUT2D eigenvalue weighted by Gasteiger charge is -2.47. The minimum absolute atomic E-state index is 0.0865. The van der Waals surface area contributed by atoms with Gasteiger partial charge in [0.05, 0.1) is 24.9 Å². The summed E-state index contributed by atoms with van der Waals surface area (Å²) >= 11 is 0. The van der Waals surface area contributed by atoms with E-state index in [-0.39, 0.29) is 5.57 Å². The Morgan fingerprint density at radius 3 is 2.00 bits per heavy atom. The van der Waals surface area contributed by atoms with Gasteiger partial charge >= 0.3 is 5.97 Å². The first-order valence-electron chi connectivity index (χ1n) is 15.4. The number of ether oxygens (including phenoxy) is 4. The van der Waals surface area contributed by atoms with E-state index in [1.54, 1.807) is 6.92 Å². The molecule has 2 unspecified atom stereocenters. The van der Waals surface area contributed by atoms with Crippen molar-refractivity contribution in [3.05, 3.63) is 47.6 Å². The van der Waals surface area contributed by atoms with Crippen LogP contribution in [0.4, 0.5) is 0 Å². The first-order valence-corrected chi connectivity index (χ1v) is 15.4. The standard InChI is InChI=1S/C32H52O14/c1-6-32(5,12-8-11-17(2)9-7-10-18(3)13-20(35)14-19(4)29(41)42)46-31-28(26(39)24(37)22(16-34)44-31)45-30-27(40)25(38)23(36)21(15-33)43-30/h6,10-11,14,20-28,30-31,33-40H,1,7-9,12-13,15-16H2,2-5H3,(H,41,42)/b17-11+,18-10+,19-14+/t20?,21-,22-,23-,24-,25+,26+,27-,28-,30+,31+,32?/m1/s1. The van der Waals surface area contributed by atoms with Crippen molar-refractivity contribution in [1.82, 2.24) is 0 Å². The lowest BCUT2D eigenvalue weighted by Crippen LogP contribution is -2.65. The summed E-state index contributed by atoms with van der Waals surface area (Å²) in [6.45, 7) is 9.51. The molecule has 0 aliphatic carbocycles. The topological polar surface area (TPSA) is 236 Å². The van der Waals surface area contributed by atoms with Crippen LogP contribution in [0.3, 0.4) is 0 Å². The lowest BCUT2D eigenvalue weighted by molar-refractivity contribution is -0.375. The lowest BCUT2D eigenvalue weighted by atomic mass is 9.95. The second-order valence-corrected chi connectivity index (χ2v) is 12.2. The van der Waals surface area contributed by atoms with Gasteiger partial charge in [-0.3, -0.25) is 0 Å². The smallest absolute Gasteiger partial charge is 0.331 e. The summed E-state index contributed by atoms with van der Waals surface area (Å²) in [5.41, 5.74) is 1.05. The Kier molecular flexibility index (Phi) is 16.1. The third-order valence-corrected chi connectivity index (χ3v) is 8.26. The molecule has 0 bridgehead atoms. The zero-order valence-electron chi connectivity index (χ0n) is 26.9. The molecule has 0 amide bonds. The molecule has 2 aliphatic heterocycles. The van der Waals surface area contributed by atoms with Crippen LogP contribution in [0, 0.1) is 0 Å². The highest BCUT2D eigenvalue weighted by atomic mass is 16.8. The van der Waals surface area contributed by atoms with Gasteiger partial charge in [0.2, 0.25) is 0 Å². The third kappa shape index (κ3) is 11.3. The highest BCUT2D eigenvalue weighted by Gasteiger charge is 2.51. The van der Waals surface area contributed by atoms with Crippen LogP contribution in [0.25, 0.3) is 0 Å². The van der Waals surface area contributed by atoms with E-state index in [0.29, 0.717) is 25.7 Å². The van der Waals surface area contributed by atoms with E-state index in [4.69, 9.17) is 24.1 Å². The number of aliphatic carboxylic acids is 1. The number of hydrogen-bond acceptors (Lipinski definition) is 13. The van der Waals surface area contributed by atoms with Crippen LogP contribution >= 0.6 is 0 Å². The molecule has 0 saturated carbocycles. The molecule has 12 atom stereocenters. The number of allylic oxidation sites excluding steroid dienone is 3. The molecule has 2 saturated heterocycles. The molecule has 2 aliphatic rings.